The van der Waals surface area contributed by atoms with Gasteiger partial charge in [0.05, 0.1) is 26.4 Å². The third-order valence-electron chi connectivity index (χ3n) is 6.85. The number of hydrogen-bond acceptors (Lipinski definition) is 9. The van der Waals surface area contributed by atoms with Crippen molar-refractivity contribution < 1.29 is 42.8 Å². The van der Waals surface area contributed by atoms with Gasteiger partial charge in [-0.15, -0.1) is 0 Å². The zero-order valence-corrected chi connectivity index (χ0v) is 25.3. The first-order valence-corrected chi connectivity index (χ1v) is 15.2. The first-order valence-electron chi connectivity index (χ1n) is 15.2. The molecule has 0 bridgehead atoms. The SMILES string of the molecule is C=CC(=O)OCCCCCCOc1ccc(-c2ccc(C3O[C@H](C(=O)OCCCC)[C@@H](C(=O)OCCCC)O3)cc2)cc1. The fraction of sp³-hybridized carbons (Fsp3) is 0.500. The molecule has 1 saturated heterocycles. The molecule has 0 aliphatic carbocycles. The number of rotatable bonds is 19. The molecule has 3 rings (SSSR count). The summed E-state index contributed by atoms with van der Waals surface area (Å²) in [6.07, 6.45) is 4.79. The van der Waals surface area contributed by atoms with E-state index in [-0.39, 0.29) is 19.2 Å². The number of benzene rings is 2. The molecular weight excluding hydrogens is 552 g/mol. The van der Waals surface area contributed by atoms with Crippen molar-refractivity contribution in [2.45, 2.75) is 83.7 Å². The Hall–Kier alpha value is -3.69. The first-order chi connectivity index (χ1) is 21.0. The molecular formula is C34H44O9. The minimum absolute atomic E-state index is 0.257. The molecule has 1 heterocycles. The van der Waals surface area contributed by atoms with E-state index >= 15 is 0 Å². The van der Waals surface area contributed by atoms with Gasteiger partial charge in [-0.05, 0) is 61.8 Å². The summed E-state index contributed by atoms with van der Waals surface area (Å²) in [6.45, 7) is 8.91. The molecule has 2 aromatic rings. The number of carbonyl (C=O) groups is 3. The maximum Gasteiger partial charge on any atom is 0.338 e. The highest BCUT2D eigenvalue weighted by molar-refractivity contribution is 5.86. The van der Waals surface area contributed by atoms with Crippen LogP contribution in [0.15, 0.2) is 61.2 Å². The van der Waals surface area contributed by atoms with E-state index in [4.69, 9.17) is 28.4 Å². The number of ether oxygens (including phenoxy) is 6. The number of carbonyl (C=O) groups excluding carboxylic acids is 3. The Kier molecular flexibility index (Phi) is 14.8. The third-order valence-corrected chi connectivity index (χ3v) is 6.85. The van der Waals surface area contributed by atoms with E-state index in [1.54, 1.807) is 0 Å². The van der Waals surface area contributed by atoms with Crippen molar-refractivity contribution in [2.75, 3.05) is 26.4 Å². The largest absolute Gasteiger partial charge is 0.494 e. The summed E-state index contributed by atoms with van der Waals surface area (Å²) in [5.41, 5.74) is 2.67. The highest BCUT2D eigenvalue weighted by Gasteiger charge is 2.47. The molecule has 0 spiro atoms. The minimum atomic E-state index is -1.19. The van der Waals surface area contributed by atoms with E-state index in [0.717, 1.165) is 68.2 Å². The maximum absolute atomic E-state index is 12.7. The van der Waals surface area contributed by atoms with Crippen molar-refractivity contribution in [3.63, 3.8) is 0 Å². The minimum Gasteiger partial charge on any atom is -0.494 e. The molecule has 2 atom stereocenters. The standard InChI is InChI=1S/C34H44O9/c1-4-7-21-40-32(36)30-31(33(37)41-22-8-5-2)43-34(42-30)27-15-13-25(14-16-27)26-17-19-28(20-18-26)38-23-11-9-10-12-24-39-29(35)6-3/h6,13-20,30-31,34H,3-5,7-12,21-24H2,1-2H3/t30-,31-/m0/s1. The van der Waals surface area contributed by atoms with Crippen molar-refractivity contribution >= 4 is 17.9 Å². The summed E-state index contributed by atoms with van der Waals surface area (Å²) in [6, 6.07) is 15.4. The summed E-state index contributed by atoms with van der Waals surface area (Å²) in [7, 11) is 0. The van der Waals surface area contributed by atoms with E-state index in [9.17, 15) is 14.4 Å². The number of esters is 3. The lowest BCUT2D eigenvalue weighted by Gasteiger charge is -2.14. The van der Waals surface area contributed by atoms with Gasteiger partial charge >= 0.3 is 17.9 Å². The van der Waals surface area contributed by atoms with Crippen molar-refractivity contribution in [1.29, 1.82) is 0 Å². The van der Waals surface area contributed by atoms with Crippen LogP contribution in [0.4, 0.5) is 0 Å². The summed E-state index contributed by atoms with van der Waals surface area (Å²) in [5.74, 6) is -0.844. The summed E-state index contributed by atoms with van der Waals surface area (Å²) >= 11 is 0. The smallest absolute Gasteiger partial charge is 0.338 e. The molecule has 0 N–H and O–H groups in total. The highest BCUT2D eigenvalue weighted by Crippen LogP contribution is 2.34. The van der Waals surface area contributed by atoms with Gasteiger partial charge in [-0.2, -0.15) is 0 Å². The Balaban J connectivity index is 1.51. The van der Waals surface area contributed by atoms with Gasteiger partial charge in [0.25, 0.3) is 0 Å². The number of hydrogen-bond donors (Lipinski definition) is 0. The summed E-state index contributed by atoms with van der Waals surface area (Å²) < 4.78 is 33.3. The normalized spacial score (nSPS) is 16.4. The van der Waals surface area contributed by atoms with Crippen LogP contribution in [0.3, 0.4) is 0 Å². The lowest BCUT2D eigenvalue weighted by Crippen LogP contribution is -2.39. The van der Waals surface area contributed by atoms with Crippen LogP contribution in [0, 0.1) is 0 Å². The molecule has 0 unspecified atom stereocenters. The monoisotopic (exact) mass is 596 g/mol. The summed E-state index contributed by atoms with van der Waals surface area (Å²) in [4.78, 5) is 36.4. The fourth-order valence-corrected chi connectivity index (χ4v) is 4.31. The molecule has 0 aromatic heterocycles. The molecule has 0 amide bonds. The zero-order valence-electron chi connectivity index (χ0n) is 25.3. The Morgan fingerprint density at radius 1 is 0.674 bits per heavy atom. The van der Waals surface area contributed by atoms with Crippen LogP contribution in [-0.4, -0.2) is 56.5 Å². The zero-order chi connectivity index (χ0) is 30.9. The predicted molar refractivity (Wildman–Crippen MR) is 161 cm³/mol. The van der Waals surface area contributed by atoms with Crippen molar-refractivity contribution in [1.82, 2.24) is 0 Å². The lowest BCUT2D eigenvalue weighted by atomic mass is 10.0. The molecule has 9 heteroatoms. The second-order valence-corrected chi connectivity index (χ2v) is 10.3. The molecule has 1 aliphatic rings. The van der Waals surface area contributed by atoms with E-state index < -0.39 is 30.4 Å². The van der Waals surface area contributed by atoms with Gasteiger partial charge in [0, 0.05) is 11.6 Å². The van der Waals surface area contributed by atoms with Crippen LogP contribution in [-0.2, 0) is 38.1 Å². The van der Waals surface area contributed by atoms with Crippen LogP contribution >= 0.6 is 0 Å². The Labute approximate surface area is 254 Å². The Morgan fingerprint density at radius 3 is 1.67 bits per heavy atom. The summed E-state index contributed by atoms with van der Waals surface area (Å²) in [5, 5.41) is 0. The quantitative estimate of drug-likeness (QED) is 0.0778. The van der Waals surface area contributed by atoms with Gasteiger partial charge in [-0.25, -0.2) is 14.4 Å². The molecule has 2 aromatic carbocycles. The first kappa shape index (κ1) is 33.8. The Morgan fingerprint density at radius 2 is 1.16 bits per heavy atom. The van der Waals surface area contributed by atoms with Gasteiger partial charge in [0.15, 0.2) is 18.5 Å². The van der Waals surface area contributed by atoms with Crippen LogP contribution in [0.25, 0.3) is 11.1 Å². The van der Waals surface area contributed by atoms with Crippen molar-refractivity contribution in [3.8, 4) is 16.9 Å². The molecule has 0 radical (unpaired) electrons. The number of unbranched alkanes of at least 4 members (excludes halogenated alkanes) is 5. The van der Waals surface area contributed by atoms with Gasteiger partial charge in [0.1, 0.15) is 5.75 Å². The van der Waals surface area contributed by atoms with E-state index in [2.05, 4.69) is 6.58 Å². The van der Waals surface area contributed by atoms with Gasteiger partial charge in [-0.3, -0.25) is 0 Å². The topological polar surface area (TPSA) is 107 Å². The molecule has 1 aliphatic heterocycles. The Bertz CT molecular complexity index is 1110. The van der Waals surface area contributed by atoms with Gasteiger partial charge in [-0.1, -0.05) is 69.7 Å². The van der Waals surface area contributed by atoms with E-state index in [0.29, 0.717) is 18.8 Å². The van der Waals surface area contributed by atoms with E-state index in [1.807, 2.05) is 62.4 Å². The van der Waals surface area contributed by atoms with Crippen LogP contribution in [0.1, 0.15) is 77.1 Å². The van der Waals surface area contributed by atoms with Crippen molar-refractivity contribution in [2.24, 2.45) is 0 Å². The molecule has 0 saturated carbocycles. The predicted octanol–water partition coefficient (Wildman–Crippen LogP) is 6.49. The van der Waals surface area contributed by atoms with Crippen LogP contribution < -0.4 is 4.74 Å². The fourth-order valence-electron chi connectivity index (χ4n) is 4.31. The average Bonchev–Trinajstić information content (AvgIpc) is 3.49. The second-order valence-electron chi connectivity index (χ2n) is 10.3. The second kappa shape index (κ2) is 18.8. The average molecular weight is 597 g/mol. The van der Waals surface area contributed by atoms with Crippen LogP contribution in [0.5, 0.6) is 5.75 Å². The molecule has 43 heavy (non-hydrogen) atoms. The van der Waals surface area contributed by atoms with E-state index in [1.165, 1.54) is 6.08 Å². The third kappa shape index (κ3) is 11.1. The van der Waals surface area contributed by atoms with Crippen LogP contribution in [0.2, 0.25) is 0 Å². The maximum atomic E-state index is 12.7. The van der Waals surface area contributed by atoms with Gasteiger partial charge in [0.2, 0.25) is 0 Å². The molecule has 1 fully saturated rings. The lowest BCUT2D eigenvalue weighted by molar-refractivity contribution is -0.163. The molecule has 9 nitrogen and oxygen atoms in total. The van der Waals surface area contributed by atoms with Gasteiger partial charge < -0.3 is 28.4 Å². The van der Waals surface area contributed by atoms with Crippen molar-refractivity contribution in [3.05, 3.63) is 66.7 Å². The molecule has 234 valence electrons. The highest BCUT2D eigenvalue weighted by atomic mass is 16.8.